The molecule has 0 bridgehead atoms. The number of rotatable bonds is 8. The highest BCUT2D eigenvalue weighted by atomic mass is 16.6. The Balaban J connectivity index is 1.33. The third-order valence-corrected chi connectivity index (χ3v) is 6.51. The van der Waals surface area contributed by atoms with Gasteiger partial charge in [-0.05, 0) is 38.8 Å². The van der Waals surface area contributed by atoms with Crippen LogP contribution in [0, 0.1) is 0 Å². The molecule has 1 fully saturated rings. The summed E-state index contributed by atoms with van der Waals surface area (Å²) in [6.45, 7) is 5.65. The van der Waals surface area contributed by atoms with Crippen molar-refractivity contribution in [1.82, 2.24) is 24.1 Å². The lowest BCUT2D eigenvalue weighted by atomic mass is 10.1. The number of imidazole rings is 1. The van der Waals surface area contributed by atoms with Gasteiger partial charge in [0.25, 0.3) is 0 Å². The Hall–Kier alpha value is -3.78. The number of anilines is 2. The monoisotopic (exact) mass is 539 g/mol. The number of esters is 1. The van der Waals surface area contributed by atoms with Crippen LogP contribution in [0.25, 0.3) is 22.1 Å². The number of carbonyl (C=O) groups excluding carboxylic acids is 1. The molecule has 4 atom stereocenters. The Bertz CT molecular complexity index is 1490. The molecule has 1 aliphatic heterocycles. The number of para-hydroxylation sites is 1. The summed E-state index contributed by atoms with van der Waals surface area (Å²) in [6.07, 6.45) is -0.517. The Kier molecular flexibility index (Phi) is 7.16. The van der Waals surface area contributed by atoms with Crippen molar-refractivity contribution in [1.29, 1.82) is 0 Å². The van der Waals surface area contributed by atoms with Gasteiger partial charge < -0.3 is 40.4 Å². The lowest BCUT2D eigenvalue weighted by Gasteiger charge is -2.19. The zero-order valence-corrected chi connectivity index (χ0v) is 22.0. The number of benzene rings is 1. The van der Waals surface area contributed by atoms with Gasteiger partial charge in [-0.3, -0.25) is 9.36 Å². The fourth-order valence-electron chi connectivity index (χ4n) is 4.79. The Labute approximate surface area is 224 Å². The number of carbonyl (C=O) groups is 1. The first-order chi connectivity index (χ1) is 18.6. The summed E-state index contributed by atoms with van der Waals surface area (Å²) in [5.41, 5.74) is 8.17. The normalized spacial score (nSPS) is 21.6. The summed E-state index contributed by atoms with van der Waals surface area (Å²) < 4.78 is 14.5. The first-order valence-electron chi connectivity index (χ1n) is 12.7. The highest BCUT2D eigenvalue weighted by Crippen LogP contribution is 2.32. The minimum Gasteiger partial charge on any atom is -0.459 e. The molecular formula is C26H33N7O6. The van der Waals surface area contributed by atoms with Crippen molar-refractivity contribution < 1.29 is 29.6 Å². The van der Waals surface area contributed by atoms with Gasteiger partial charge in [0.15, 0.2) is 17.7 Å². The van der Waals surface area contributed by atoms with E-state index in [0.717, 1.165) is 16.5 Å². The van der Waals surface area contributed by atoms with Crippen molar-refractivity contribution in [3.8, 4) is 0 Å². The fraction of sp³-hybridized carbons (Fsp3) is 0.462. The Morgan fingerprint density at radius 1 is 1.21 bits per heavy atom. The molecule has 13 heteroatoms. The number of aliphatic hydroxyl groups is 3. The average molecular weight is 540 g/mol. The van der Waals surface area contributed by atoms with Crippen molar-refractivity contribution in [2.24, 2.45) is 0 Å². The smallest absolute Gasteiger partial charge is 0.326 e. The summed E-state index contributed by atoms with van der Waals surface area (Å²) in [4.78, 5) is 25.5. The third kappa shape index (κ3) is 5.39. The van der Waals surface area contributed by atoms with Gasteiger partial charge in [0.2, 0.25) is 5.95 Å². The summed E-state index contributed by atoms with van der Waals surface area (Å²) in [5.74, 6) is 0.0869. The predicted molar refractivity (Wildman–Crippen MR) is 143 cm³/mol. The number of nitrogen functional groups attached to an aromatic ring is 1. The molecule has 3 aromatic heterocycles. The van der Waals surface area contributed by atoms with Crippen LogP contribution in [0.3, 0.4) is 0 Å². The molecule has 0 saturated carbocycles. The van der Waals surface area contributed by atoms with Crippen LogP contribution in [0.15, 0.2) is 36.8 Å². The zero-order valence-electron chi connectivity index (χ0n) is 22.0. The molecule has 1 saturated heterocycles. The Morgan fingerprint density at radius 3 is 2.69 bits per heavy atom. The summed E-state index contributed by atoms with van der Waals surface area (Å²) in [6, 6.07) is 7.86. The molecule has 6 N–H and O–H groups in total. The van der Waals surface area contributed by atoms with Gasteiger partial charge in [-0.2, -0.15) is 9.97 Å². The first kappa shape index (κ1) is 26.8. The van der Waals surface area contributed by atoms with Crippen molar-refractivity contribution in [3.05, 3.63) is 42.4 Å². The van der Waals surface area contributed by atoms with Crippen LogP contribution in [0.1, 0.15) is 32.6 Å². The fourth-order valence-corrected chi connectivity index (χ4v) is 4.79. The molecular weight excluding hydrogens is 506 g/mol. The van der Waals surface area contributed by atoms with Gasteiger partial charge in [-0.1, -0.05) is 18.2 Å². The van der Waals surface area contributed by atoms with Crippen LogP contribution in [-0.4, -0.2) is 82.4 Å². The quantitative estimate of drug-likeness (QED) is 0.201. The van der Waals surface area contributed by atoms with Crippen molar-refractivity contribution in [3.63, 3.8) is 0 Å². The summed E-state index contributed by atoms with van der Waals surface area (Å²) in [5, 5.41) is 34.2. The number of aromatic nitrogens is 5. The van der Waals surface area contributed by atoms with Crippen LogP contribution in [-0.2, 0) is 27.2 Å². The minimum atomic E-state index is -1.29. The van der Waals surface area contributed by atoms with E-state index in [1.807, 2.05) is 55.8 Å². The molecule has 4 heterocycles. The highest BCUT2D eigenvalue weighted by molar-refractivity contribution is 5.86. The van der Waals surface area contributed by atoms with E-state index in [9.17, 15) is 20.1 Å². The van der Waals surface area contributed by atoms with E-state index >= 15 is 0 Å². The van der Waals surface area contributed by atoms with E-state index in [1.165, 1.54) is 10.9 Å². The minimum absolute atomic E-state index is 0.104. The maximum absolute atomic E-state index is 12.5. The van der Waals surface area contributed by atoms with E-state index in [2.05, 4.69) is 20.3 Å². The largest absolute Gasteiger partial charge is 0.459 e. The SMILES string of the molecule is CC(C)(C)OC(=O)Cn1cc(CCNc2nc(N)c3ncn([C@@H]4O[C@H](CO)C(O)C4O)c3n2)c2ccccc21. The van der Waals surface area contributed by atoms with E-state index in [0.29, 0.717) is 24.1 Å². The van der Waals surface area contributed by atoms with Crippen molar-refractivity contribution in [2.45, 2.75) is 63.9 Å². The number of nitrogens with zero attached hydrogens (tertiary/aromatic N) is 5. The standard InChI is InChI=1S/C26H33N7O6/c1-26(2,3)39-18(35)11-32-10-14(15-6-4-5-7-16(15)32)8-9-28-25-30-22(27)19-23(31-25)33(13-29-19)24-21(37)20(36)17(12-34)38-24/h4-7,10,13,17,20-21,24,34,36-37H,8-9,11-12H2,1-3H3,(H3,27,28,30,31)/t17-,20?,21?,24-/m1/s1. The lowest BCUT2D eigenvalue weighted by molar-refractivity contribution is -0.155. The topological polar surface area (TPSA) is 183 Å². The maximum atomic E-state index is 12.5. The second-order valence-corrected chi connectivity index (χ2v) is 10.5. The van der Waals surface area contributed by atoms with E-state index in [4.69, 9.17) is 15.2 Å². The number of hydrogen-bond acceptors (Lipinski definition) is 11. The van der Waals surface area contributed by atoms with E-state index in [-0.39, 0.29) is 24.3 Å². The molecule has 1 aromatic carbocycles. The molecule has 2 unspecified atom stereocenters. The van der Waals surface area contributed by atoms with Crippen LogP contribution >= 0.6 is 0 Å². The van der Waals surface area contributed by atoms with Gasteiger partial charge >= 0.3 is 5.97 Å². The van der Waals surface area contributed by atoms with E-state index in [1.54, 1.807) is 0 Å². The van der Waals surface area contributed by atoms with Crippen molar-refractivity contribution >= 4 is 39.8 Å². The van der Waals surface area contributed by atoms with Gasteiger partial charge in [0.05, 0.1) is 12.9 Å². The number of nitrogens with two attached hydrogens (primary N) is 1. The van der Waals surface area contributed by atoms with Gasteiger partial charge in [0, 0.05) is 23.6 Å². The lowest BCUT2D eigenvalue weighted by Crippen LogP contribution is -2.33. The number of fused-ring (bicyclic) bond motifs is 2. The summed E-state index contributed by atoms with van der Waals surface area (Å²) >= 11 is 0. The molecule has 0 radical (unpaired) electrons. The molecule has 5 rings (SSSR count). The second-order valence-electron chi connectivity index (χ2n) is 10.5. The van der Waals surface area contributed by atoms with Gasteiger partial charge in [0.1, 0.15) is 36.0 Å². The first-order valence-corrected chi connectivity index (χ1v) is 12.7. The van der Waals surface area contributed by atoms with Gasteiger partial charge in [-0.25, -0.2) is 4.98 Å². The van der Waals surface area contributed by atoms with Crippen LogP contribution in [0.5, 0.6) is 0 Å². The maximum Gasteiger partial charge on any atom is 0.326 e. The number of aliphatic hydroxyl groups excluding tert-OH is 3. The molecule has 0 amide bonds. The van der Waals surface area contributed by atoms with E-state index < -0.39 is 36.7 Å². The number of nitrogens with one attached hydrogen (secondary N) is 1. The molecule has 0 spiro atoms. The third-order valence-electron chi connectivity index (χ3n) is 6.51. The zero-order chi connectivity index (χ0) is 27.9. The molecule has 13 nitrogen and oxygen atoms in total. The van der Waals surface area contributed by atoms with Crippen molar-refractivity contribution in [2.75, 3.05) is 24.2 Å². The molecule has 4 aromatic rings. The number of hydrogen-bond donors (Lipinski definition) is 5. The highest BCUT2D eigenvalue weighted by Gasteiger charge is 2.44. The van der Waals surface area contributed by atoms with Crippen LogP contribution in [0.2, 0.25) is 0 Å². The predicted octanol–water partition coefficient (Wildman–Crippen LogP) is 0.971. The number of ether oxygens (including phenoxy) is 2. The van der Waals surface area contributed by atoms with Crippen LogP contribution in [0.4, 0.5) is 11.8 Å². The molecule has 208 valence electrons. The molecule has 39 heavy (non-hydrogen) atoms. The summed E-state index contributed by atoms with van der Waals surface area (Å²) in [7, 11) is 0. The van der Waals surface area contributed by atoms with Gasteiger partial charge in [-0.15, -0.1) is 0 Å². The second kappa shape index (κ2) is 10.4. The molecule has 0 aliphatic carbocycles. The average Bonchev–Trinajstić information content (AvgIpc) is 3.53. The Morgan fingerprint density at radius 2 is 1.97 bits per heavy atom. The molecule has 1 aliphatic rings. The van der Waals surface area contributed by atoms with Crippen LogP contribution < -0.4 is 11.1 Å².